The summed E-state index contributed by atoms with van der Waals surface area (Å²) in [5, 5.41) is 0. The second-order valence-corrected chi connectivity index (χ2v) is 7.49. The summed E-state index contributed by atoms with van der Waals surface area (Å²) in [6, 6.07) is 12.9. The van der Waals surface area contributed by atoms with Crippen molar-refractivity contribution in [3.63, 3.8) is 0 Å². The SMILES string of the molecule is COc1ccc(C(=O)N2CCCC3(C2)CN(c2ccc(F)cc2)C(=O)CO3)cc1. The van der Waals surface area contributed by atoms with Crippen LogP contribution in [0.5, 0.6) is 5.75 Å². The minimum absolute atomic E-state index is 0.0536. The van der Waals surface area contributed by atoms with Crippen molar-refractivity contribution in [2.75, 3.05) is 38.3 Å². The van der Waals surface area contributed by atoms with Gasteiger partial charge in [0.25, 0.3) is 11.8 Å². The van der Waals surface area contributed by atoms with E-state index >= 15 is 0 Å². The zero-order chi connectivity index (χ0) is 20.4. The summed E-state index contributed by atoms with van der Waals surface area (Å²) in [5.74, 6) is 0.111. The summed E-state index contributed by atoms with van der Waals surface area (Å²) in [6.07, 6.45) is 1.54. The quantitative estimate of drug-likeness (QED) is 0.798. The van der Waals surface area contributed by atoms with Crippen molar-refractivity contribution in [3.05, 3.63) is 59.9 Å². The number of hydrogen-bond donors (Lipinski definition) is 0. The van der Waals surface area contributed by atoms with Crippen molar-refractivity contribution >= 4 is 17.5 Å². The van der Waals surface area contributed by atoms with E-state index in [1.54, 1.807) is 53.3 Å². The molecule has 1 unspecified atom stereocenters. The molecule has 1 spiro atoms. The van der Waals surface area contributed by atoms with Crippen molar-refractivity contribution < 1.29 is 23.5 Å². The Morgan fingerprint density at radius 3 is 2.52 bits per heavy atom. The molecule has 0 N–H and O–H groups in total. The van der Waals surface area contributed by atoms with Gasteiger partial charge in [0.05, 0.1) is 20.2 Å². The third-order valence-corrected chi connectivity index (χ3v) is 5.55. The first-order chi connectivity index (χ1) is 14.0. The van der Waals surface area contributed by atoms with E-state index in [9.17, 15) is 14.0 Å². The lowest BCUT2D eigenvalue weighted by molar-refractivity contribution is -0.144. The molecule has 6 nitrogen and oxygen atoms in total. The number of rotatable bonds is 3. The van der Waals surface area contributed by atoms with Crippen LogP contribution in [0.3, 0.4) is 0 Å². The van der Waals surface area contributed by atoms with Gasteiger partial charge in [-0.05, 0) is 61.4 Å². The van der Waals surface area contributed by atoms with Crippen LogP contribution in [0.2, 0.25) is 0 Å². The highest BCUT2D eigenvalue weighted by Crippen LogP contribution is 2.32. The molecule has 2 aliphatic rings. The summed E-state index contributed by atoms with van der Waals surface area (Å²) in [5.41, 5.74) is 0.602. The van der Waals surface area contributed by atoms with Gasteiger partial charge in [0.1, 0.15) is 23.8 Å². The van der Waals surface area contributed by atoms with Gasteiger partial charge in [-0.2, -0.15) is 0 Å². The zero-order valence-corrected chi connectivity index (χ0v) is 16.3. The summed E-state index contributed by atoms with van der Waals surface area (Å²) in [6.45, 7) is 1.33. The van der Waals surface area contributed by atoms with Crippen LogP contribution in [0.15, 0.2) is 48.5 Å². The number of methoxy groups -OCH3 is 1. The number of amides is 2. The van der Waals surface area contributed by atoms with Crippen molar-refractivity contribution in [2.24, 2.45) is 0 Å². The number of nitrogens with zero attached hydrogens (tertiary/aromatic N) is 2. The molecule has 29 heavy (non-hydrogen) atoms. The molecule has 0 aromatic heterocycles. The highest BCUT2D eigenvalue weighted by atomic mass is 19.1. The van der Waals surface area contributed by atoms with Gasteiger partial charge in [0.15, 0.2) is 0 Å². The van der Waals surface area contributed by atoms with Crippen molar-refractivity contribution in [2.45, 2.75) is 18.4 Å². The lowest BCUT2D eigenvalue weighted by Gasteiger charge is -2.47. The molecule has 2 aromatic rings. The molecule has 152 valence electrons. The highest BCUT2D eigenvalue weighted by molar-refractivity contribution is 5.96. The predicted octanol–water partition coefficient (Wildman–Crippen LogP) is 2.87. The Labute approximate surface area is 168 Å². The second kappa shape index (κ2) is 7.83. The number of halogens is 1. The molecule has 2 heterocycles. The van der Waals surface area contributed by atoms with E-state index in [1.165, 1.54) is 12.1 Å². The monoisotopic (exact) mass is 398 g/mol. The summed E-state index contributed by atoms with van der Waals surface area (Å²) in [4.78, 5) is 28.8. The molecule has 2 saturated heterocycles. The third kappa shape index (κ3) is 3.96. The number of carbonyl (C=O) groups excluding carboxylic acids is 2. The molecular weight excluding hydrogens is 375 g/mol. The van der Waals surface area contributed by atoms with E-state index in [0.29, 0.717) is 36.6 Å². The Bertz CT molecular complexity index is 900. The van der Waals surface area contributed by atoms with Gasteiger partial charge in [-0.15, -0.1) is 0 Å². The van der Waals surface area contributed by atoms with Crippen molar-refractivity contribution in [1.29, 1.82) is 0 Å². The molecule has 0 aliphatic carbocycles. The van der Waals surface area contributed by atoms with Crippen LogP contribution in [-0.4, -0.2) is 55.7 Å². The van der Waals surface area contributed by atoms with Gasteiger partial charge in [-0.25, -0.2) is 4.39 Å². The number of hydrogen-bond acceptors (Lipinski definition) is 4. The van der Waals surface area contributed by atoms with E-state index in [4.69, 9.17) is 9.47 Å². The maximum Gasteiger partial charge on any atom is 0.253 e. The number of piperidine rings is 1. The first-order valence-corrected chi connectivity index (χ1v) is 9.63. The van der Waals surface area contributed by atoms with Crippen LogP contribution >= 0.6 is 0 Å². The van der Waals surface area contributed by atoms with E-state index in [-0.39, 0.29) is 24.2 Å². The van der Waals surface area contributed by atoms with E-state index in [1.807, 2.05) is 0 Å². The topological polar surface area (TPSA) is 59.1 Å². The van der Waals surface area contributed by atoms with Gasteiger partial charge >= 0.3 is 0 Å². The van der Waals surface area contributed by atoms with Gasteiger partial charge in [-0.3, -0.25) is 9.59 Å². The summed E-state index contributed by atoms with van der Waals surface area (Å²) < 4.78 is 24.4. The van der Waals surface area contributed by atoms with Gasteiger partial charge < -0.3 is 19.3 Å². The lowest BCUT2D eigenvalue weighted by Crippen LogP contribution is -2.62. The molecule has 1 atom stereocenters. The molecule has 0 bridgehead atoms. The number of morpholine rings is 1. The van der Waals surface area contributed by atoms with Crippen LogP contribution < -0.4 is 9.64 Å². The number of carbonyl (C=O) groups is 2. The lowest BCUT2D eigenvalue weighted by atomic mass is 9.90. The molecule has 0 radical (unpaired) electrons. The second-order valence-electron chi connectivity index (χ2n) is 7.49. The Hall–Kier alpha value is -2.93. The number of benzene rings is 2. The van der Waals surface area contributed by atoms with Gasteiger partial charge in [0.2, 0.25) is 0 Å². The Balaban J connectivity index is 1.52. The average molecular weight is 398 g/mol. The molecule has 2 fully saturated rings. The largest absolute Gasteiger partial charge is 0.497 e. The Morgan fingerprint density at radius 1 is 1.10 bits per heavy atom. The van der Waals surface area contributed by atoms with E-state index in [2.05, 4.69) is 0 Å². The number of anilines is 1. The van der Waals surface area contributed by atoms with Crippen LogP contribution in [0.25, 0.3) is 0 Å². The third-order valence-electron chi connectivity index (χ3n) is 5.55. The molecule has 2 amide bonds. The van der Waals surface area contributed by atoms with Gasteiger partial charge in [0, 0.05) is 17.8 Å². The number of likely N-dealkylation sites (tertiary alicyclic amines) is 1. The molecule has 4 rings (SSSR count). The first kappa shape index (κ1) is 19.4. The first-order valence-electron chi connectivity index (χ1n) is 9.63. The highest BCUT2D eigenvalue weighted by Gasteiger charge is 2.44. The van der Waals surface area contributed by atoms with Gasteiger partial charge in [-0.1, -0.05) is 0 Å². The summed E-state index contributed by atoms with van der Waals surface area (Å²) >= 11 is 0. The van der Waals surface area contributed by atoms with Crippen LogP contribution in [0, 0.1) is 5.82 Å². The van der Waals surface area contributed by atoms with Crippen molar-refractivity contribution in [3.8, 4) is 5.75 Å². The summed E-state index contributed by atoms with van der Waals surface area (Å²) in [7, 11) is 1.58. The molecule has 2 aromatic carbocycles. The minimum atomic E-state index is -0.622. The standard InChI is InChI=1S/C22H23FN2O4/c1-28-19-9-3-16(4-10-19)21(27)24-12-2-11-22(14-24)15-25(20(26)13-29-22)18-7-5-17(23)6-8-18/h3-10H,2,11-15H2,1H3. The van der Waals surface area contributed by atoms with Crippen LogP contribution in [-0.2, 0) is 9.53 Å². The molecule has 7 heteroatoms. The molecule has 0 saturated carbocycles. The number of ether oxygens (including phenoxy) is 2. The fourth-order valence-corrected chi connectivity index (χ4v) is 4.01. The Kier molecular flexibility index (Phi) is 5.24. The fraction of sp³-hybridized carbons (Fsp3) is 0.364. The minimum Gasteiger partial charge on any atom is -0.497 e. The molecule has 2 aliphatic heterocycles. The predicted molar refractivity (Wildman–Crippen MR) is 106 cm³/mol. The van der Waals surface area contributed by atoms with Crippen LogP contribution in [0.1, 0.15) is 23.2 Å². The van der Waals surface area contributed by atoms with Crippen molar-refractivity contribution in [1.82, 2.24) is 4.90 Å². The maximum absolute atomic E-state index is 13.3. The van der Waals surface area contributed by atoms with E-state index in [0.717, 1.165) is 12.8 Å². The average Bonchev–Trinajstić information content (AvgIpc) is 2.76. The molecular formula is C22H23FN2O4. The Morgan fingerprint density at radius 2 is 1.83 bits per heavy atom. The maximum atomic E-state index is 13.3. The smallest absolute Gasteiger partial charge is 0.253 e. The zero-order valence-electron chi connectivity index (χ0n) is 16.3. The normalized spacial score (nSPS) is 22.1. The van der Waals surface area contributed by atoms with E-state index < -0.39 is 5.60 Å². The van der Waals surface area contributed by atoms with Crippen LogP contribution in [0.4, 0.5) is 10.1 Å². The fourth-order valence-electron chi connectivity index (χ4n) is 4.01.